The number of rotatable bonds is 4. The zero-order valence-electron chi connectivity index (χ0n) is 16.6. The molecule has 8 rings (SSSR count). The number of phenols is 1. The predicted octanol–water partition coefficient (Wildman–Crippen LogP) is 2.88. The van der Waals surface area contributed by atoms with E-state index in [1.165, 1.54) is 30.5 Å². The molecule has 1 aromatic carbocycles. The van der Waals surface area contributed by atoms with Crippen LogP contribution >= 0.6 is 0 Å². The van der Waals surface area contributed by atoms with E-state index in [1.54, 1.807) is 7.11 Å². The molecule has 2 heterocycles. The molecule has 2 saturated carbocycles. The van der Waals surface area contributed by atoms with Crippen LogP contribution in [0.1, 0.15) is 36.8 Å². The molecule has 1 saturated heterocycles. The van der Waals surface area contributed by atoms with E-state index in [-0.39, 0.29) is 28.7 Å². The first-order valence-corrected chi connectivity index (χ1v) is 11.3. The van der Waals surface area contributed by atoms with Gasteiger partial charge in [0.05, 0.1) is 5.41 Å². The number of benzene rings is 1. The lowest BCUT2D eigenvalue weighted by Crippen LogP contribution is -2.80. The third kappa shape index (κ3) is 1.71. The fraction of sp³-hybridized carbons (Fsp3) is 0.652. The molecule has 6 heteroatoms. The van der Waals surface area contributed by atoms with Crippen molar-refractivity contribution in [3.05, 3.63) is 35.4 Å². The molecule has 0 aromatic heterocycles. The summed E-state index contributed by atoms with van der Waals surface area (Å²) >= 11 is 5.29. The number of aromatic hydroxyl groups is 1. The molecule has 5 nitrogen and oxygen atoms in total. The van der Waals surface area contributed by atoms with E-state index in [4.69, 9.17) is 21.9 Å². The van der Waals surface area contributed by atoms with E-state index in [1.807, 2.05) is 6.07 Å². The Morgan fingerprint density at radius 2 is 2.21 bits per heavy atom. The van der Waals surface area contributed by atoms with Crippen LogP contribution < -0.4 is 4.74 Å². The van der Waals surface area contributed by atoms with Gasteiger partial charge in [0.25, 0.3) is 0 Å². The highest BCUT2D eigenvalue weighted by Gasteiger charge is 2.79. The van der Waals surface area contributed by atoms with Crippen LogP contribution in [0.4, 0.5) is 0 Å². The molecule has 1 N–H and O–H groups in total. The Morgan fingerprint density at radius 3 is 2.97 bits per heavy atom. The summed E-state index contributed by atoms with van der Waals surface area (Å²) in [7, 11) is 1.75. The van der Waals surface area contributed by atoms with Gasteiger partial charge in [-0.2, -0.15) is 0 Å². The summed E-state index contributed by atoms with van der Waals surface area (Å²) in [4.78, 5) is 2.75. The monoisotopic (exact) mass is 410 g/mol. The maximum atomic E-state index is 10.7. The standard InChI is InChI=1S/C23H26N2O3S/c1-27-23-7-6-21(11-16(23)24-29)17-10-14-4-5-15(26)19-18(14)22(21,20(23)28-19)8-9-25(17)12-13-2-3-13/h4-7,13,16-17,20,26H,2-3,8-12H2,1H3/t16?,17-,20-,21-,22+,23?/m1/s1. The number of phenolic OH excluding ortho intramolecular Hbond substituents is 1. The molecule has 0 radical (unpaired) electrons. The Labute approximate surface area is 176 Å². The molecule has 3 fully saturated rings. The van der Waals surface area contributed by atoms with Gasteiger partial charge in [-0.3, -0.25) is 4.90 Å². The molecule has 1 aromatic rings. The number of hydrogen-bond acceptors (Lipinski definition) is 6. The minimum absolute atomic E-state index is 0.0654. The fourth-order valence-corrected chi connectivity index (χ4v) is 8.10. The molecule has 152 valence electrons. The van der Waals surface area contributed by atoms with Crippen LogP contribution in [0.2, 0.25) is 0 Å². The van der Waals surface area contributed by atoms with Gasteiger partial charge >= 0.3 is 0 Å². The Balaban J connectivity index is 1.52. The molecule has 6 atom stereocenters. The summed E-state index contributed by atoms with van der Waals surface area (Å²) < 4.78 is 17.2. The minimum atomic E-state index is -0.660. The molecule has 2 aliphatic heterocycles. The maximum absolute atomic E-state index is 10.7. The second-order valence-corrected chi connectivity index (χ2v) is 10.3. The van der Waals surface area contributed by atoms with Crippen molar-refractivity contribution in [1.82, 2.24) is 4.90 Å². The zero-order valence-corrected chi connectivity index (χ0v) is 17.5. The Bertz CT molecular complexity index is 977. The van der Waals surface area contributed by atoms with Crippen LogP contribution in [0.15, 0.2) is 28.6 Å². The predicted molar refractivity (Wildman–Crippen MR) is 110 cm³/mol. The molecule has 2 unspecified atom stereocenters. The van der Waals surface area contributed by atoms with Gasteiger partial charge in [-0.05, 0) is 56.2 Å². The van der Waals surface area contributed by atoms with Crippen LogP contribution in [-0.4, -0.2) is 54.0 Å². The summed E-state index contributed by atoms with van der Waals surface area (Å²) in [6, 6.07) is 4.26. The van der Waals surface area contributed by atoms with E-state index in [9.17, 15) is 5.11 Å². The smallest absolute Gasteiger partial charge is 0.165 e. The Hall–Kier alpha value is -1.50. The highest BCUT2D eigenvalue weighted by atomic mass is 32.1. The van der Waals surface area contributed by atoms with Gasteiger partial charge in [0.15, 0.2) is 11.5 Å². The first-order chi connectivity index (χ1) is 14.1. The van der Waals surface area contributed by atoms with Crippen molar-refractivity contribution < 1.29 is 14.6 Å². The number of nitrogens with zero attached hydrogens (tertiary/aromatic N) is 2. The summed E-state index contributed by atoms with van der Waals surface area (Å²) in [6.45, 7) is 2.29. The summed E-state index contributed by atoms with van der Waals surface area (Å²) in [5.74, 6) is 1.79. The van der Waals surface area contributed by atoms with Gasteiger partial charge in [0.2, 0.25) is 0 Å². The van der Waals surface area contributed by atoms with Crippen LogP contribution in [0.3, 0.4) is 0 Å². The lowest BCUT2D eigenvalue weighted by atomic mass is 9.38. The van der Waals surface area contributed by atoms with Crippen LogP contribution in [0, 0.1) is 11.3 Å². The second-order valence-electron chi connectivity index (χ2n) is 10.1. The van der Waals surface area contributed by atoms with Crippen molar-refractivity contribution >= 4 is 12.4 Å². The number of likely N-dealkylation sites (tertiary alicyclic amines) is 1. The molecular formula is C23H26N2O3S. The van der Waals surface area contributed by atoms with E-state index < -0.39 is 5.60 Å². The molecule has 4 bridgehead atoms. The van der Waals surface area contributed by atoms with E-state index in [2.05, 4.69) is 27.5 Å². The van der Waals surface area contributed by atoms with Crippen LogP contribution in [0.5, 0.6) is 11.5 Å². The van der Waals surface area contributed by atoms with Crippen molar-refractivity contribution in [1.29, 1.82) is 0 Å². The number of piperidine rings is 1. The van der Waals surface area contributed by atoms with Crippen molar-refractivity contribution in [2.24, 2.45) is 15.7 Å². The van der Waals surface area contributed by atoms with E-state index in [0.717, 1.165) is 31.7 Å². The quantitative estimate of drug-likeness (QED) is 0.774. The first-order valence-electron chi connectivity index (χ1n) is 10.9. The van der Waals surface area contributed by atoms with E-state index in [0.29, 0.717) is 11.8 Å². The number of ether oxygens (including phenoxy) is 2. The van der Waals surface area contributed by atoms with Crippen molar-refractivity contribution in [3.63, 3.8) is 0 Å². The average Bonchev–Trinajstić information content (AvgIpc) is 3.48. The SMILES string of the molecule is COC12C=C[C@@]3(CC1N=S)[C@H]1Cc4ccc(O)c5c4[C@@]3(CCN1CC1CC1)[C@H]2O5. The van der Waals surface area contributed by atoms with Gasteiger partial charge in [0.1, 0.15) is 17.7 Å². The number of methoxy groups -OCH3 is 1. The fourth-order valence-electron chi connectivity index (χ4n) is 7.86. The molecular weight excluding hydrogens is 384 g/mol. The maximum Gasteiger partial charge on any atom is 0.165 e. The van der Waals surface area contributed by atoms with Gasteiger partial charge in [-0.25, -0.2) is 4.36 Å². The second kappa shape index (κ2) is 5.21. The Kier molecular flexibility index (Phi) is 3.09. The normalized spacial score (nSPS) is 45.8. The summed E-state index contributed by atoms with van der Waals surface area (Å²) in [5.41, 5.74) is 1.70. The van der Waals surface area contributed by atoms with Gasteiger partial charge in [-0.15, -0.1) is 0 Å². The molecule has 2 spiro atoms. The molecule has 5 aliphatic carbocycles. The van der Waals surface area contributed by atoms with Crippen molar-refractivity contribution in [3.8, 4) is 11.5 Å². The van der Waals surface area contributed by atoms with Gasteiger partial charge in [0, 0.05) is 43.1 Å². The average molecular weight is 411 g/mol. The highest BCUT2D eigenvalue weighted by molar-refractivity contribution is 7.47. The van der Waals surface area contributed by atoms with E-state index >= 15 is 0 Å². The molecule has 29 heavy (non-hydrogen) atoms. The summed E-state index contributed by atoms with van der Waals surface area (Å²) in [5, 5.41) is 10.7. The minimum Gasteiger partial charge on any atom is -0.504 e. The highest BCUT2D eigenvalue weighted by Crippen LogP contribution is 2.74. The largest absolute Gasteiger partial charge is 0.504 e. The van der Waals surface area contributed by atoms with Gasteiger partial charge < -0.3 is 14.6 Å². The van der Waals surface area contributed by atoms with Gasteiger partial charge in [-0.1, -0.05) is 18.2 Å². The van der Waals surface area contributed by atoms with Crippen LogP contribution in [0.25, 0.3) is 0 Å². The zero-order chi connectivity index (χ0) is 19.6. The first kappa shape index (κ1) is 17.2. The number of hydrogen-bond donors (Lipinski definition) is 1. The molecule has 7 aliphatic rings. The van der Waals surface area contributed by atoms with Crippen molar-refractivity contribution in [2.45, 2.75) is 61.3 Å². The topological polar surface area (TPSA) is 54.3 Å². The third-order valence-corrected chi connectivity index (χ3v) is 9.45. The summed E-state index contributed by atoms with van der Waals surface area (Å²) in [6.07, 6.45) is 10.1. The molecule has 0 amide bonds. The lowest BCUT2D eigenvalue weighted by Gasteiger charge is -2.70. The Morgan fingerprint density at radius 1 is 1.34 bits per heavy atom. The third-order valence-electron chi connectivity index (χ3n) is 9.20. The lowest BCUT2D eigenvalue weighted by molar-refractivity contribution is -0.196. The number of fused-ring (bicyclic) bond motifs is 1. The van der Waals surface area contributed by atoms with Crippen LogP contribution in [-0.2, 0) is 29.0 Å². The van der Waals surface area contributed by atoms with Crippen molar-refractivity contribution in [2.75, 3.05) is 20.2 Å².